The molecule has 3 aromatic rings. The van der Waals surface area contributed by atoms with E-state index in [1.165, 1.54) is 16.7 Å². The van der Waals surface area contributed by atoms with Crippen molar-refractivity contribution in [3.8, 4) is 22.7 Å². The minimum Gasteiger partial charge on any atom is -0.493 e. The molecule has 0 bridgehead atoms. The second-order valence-electron chi connectivity index (χ2n) is 8.09. The molecule has 164 valence electrons. The number of amides is 1. The number of hydrogen-bond donors (Lipinski definition) is 0. The number of benzene rings is 2. The predicted octanol–water partition coefficient (Wildman–Crippen LogP) is 5.71. The second kappa shape index (κ2) is 9.30. The van der Waals surface area contributed by atoms with Crippen LogP contribution in [0.5, 0.6) is 5.75 Å². The van der Waals surface area contributed by atoms with Crippen molar-refractivity contribution in [2.45, 2.75) is 20.8 Å². The molecular formula is C25H25N3O2S2. The van der Waals surface area contributed by atoms with Gasteiger partial charge in [0.15, 0.2) is 0 Å². The fraction of sp³-hybridized carbons (Fsp3) is 0.240. The van der Waals surface area contributed by atoms with E-state index in [-0.39, 0.29) is 5.91 Å². The molecule has 0 spiro atoms. The number of likely N-dealkylation sites (N-methyl/N-ethyl adjacent to an activating group) is 1. The Morgan fingerprint density at radius 1 is 1.16 bits per heavy atom. The molecule has 5 nitrogen and oxygen atoms in total. The molecule has 1 aromatic heterocycles. The smallest absolute Gasteiger partial charge is 0.265 e. The maximum absolute atomic E-state index is 12.6. The Bertz CT molecular complexity index is 1200. The van der Waals surface area contributed by atoms with Gasteiger partial charge in [0.2, 0.25) is 0 Å². The highest BCUT2D eigenvalue weighted by atomic mass is 32.2. The molecule has 1 fully saturated rings. The maximum Gasteiger partial charge on any atom is 0.265 e. The van der Waals surface area contributed by atoms with Crippen LogP contribution in [0.4, 0.5) is 0 Å². The minimum atomic E-state index is -0.0934. The lowest BCUT2D eigenvalue weighted by Gasteiger charge is -2.13. The molecule has 0 aliphatic carbocycles. The highest BCUT2D eigenvalue weighted by Crippen LogP contribution is 2.36. The van der Waals surface area contributed by atoms with E-state index >= 15 is 0 Å². The van der Waals surface area contributed by atoms with Gasteiger partial charge in [-0.15, -0.1) is 0 Å². The van der Waals surface area contributed by atoms with Crippen LogP contribution in [0.2, 0.25) is 0 Å². The van der Waals surface area contributed by atoms with Crippen molar-refractivity contribution in [1.82, 2.24) is 14.7 Å². The van der Waals surface area contributed by atoms with Crippen LogP contribution in [0.15, 0.2) is 59.6 Å². The summed E-state index contributed by atoms with van der Waals surface area (Å²) in [6, 6.07) is 15.9. The standard InChI is InChI=1S/C25H25N3O2S2/c1-16(2)15-30-21-12-8-11-20(17(21)3)23-18(13-22-24(29)27(4)25(31)32-22)14-28(26-23)19-9-6-5-7-10-19/h5-14,16H,15H2,1-4H3/b22-13-. The average Bonchev–Trinajstić information content (AvgIpc) is 3.30. The van der Waals surface area contributed by atoms with Crippen molar-refractivity contribution < 1.29 is 9.53 Å². The van der Waals surface area contributed by atoms with Crippen LogP contribution in [-0.4, -0.2) is 38.6 Å². The Hall–Kier alpha value is -2.90. The number of nitrogens with zero attached hydrogens (tertiary/aromatic N) is 3. The summed E-state index contributed by atoms with van der Waals surface area (Å²) in [6.07, 6.45) is 3.83. The fourth-order valence-corrected chi connectivity index (χ4v) is 4.56. The summed E-state index contributed by atoms with van der Waals surface area (Å²) in [7, 11) is 1.70. The molecule has 7 heteroatoms. The zero-order chi connectivity index (χ0) is 22.8. The summed E-state index contributed by atoms with van der Waals surface area (Å²) in [5.41, 5.74) is 4.58. The van der Waals surface area contributed by atoms with Crippen molar-refractivity contribution in [2.24, 2.45) is 5.92 Å². The highest BCUT2D eigenvalue weighted by molar-refractivity contribution is 8.26. The Morgan fingerprint density at radius 3 is 2.56 bits per heavy atom. The molecule has 1 aliphatic rings. The van der Waals surface area contributed by atoms with Gasteiger partial charge in [-0.2, -0.15) is 5.10 Å². The molecule has 0 radical (unpaired) electrons. The summed E-state index contributed by atoms with van der Waals surface area (Å²) >= 11 is 6.61. The summed E-state index contributed by atoms with van der Waals surface area (Å²) in [5, 5.41) is 4.90. The van der Waals surface area contributed by atoms with E-state index in [1.54, 1.807) is 7.05 Å². The summed E-state index contributed by atoms with van der Waals surface area (Å²) in [5.74, 6) is 1.18. The first-order valence-corrected chi connectivity index (χ1v) is 11.7. The van der Waals surface area contributed by atoms with Gasteiger partial charge in [-0.1, -0.05) is 68.2 Å². The number of aromatic nitrogens is 2. The molecule has 2 heterocycles. The van der Waals surface area contributed by atoms with Crippen molar-refractivity contribution in [3.05, 3.63) is 70.8 Å². The van der Waals surface area contributed by atoms with Gasteiger partial charge in [-0.05, 0) is 37.1 Å². The first kappa shape index (κ1) is 22.3. The number of rotatable bonds is 6. The first-order chi connectivity index (χ1) is 15.3. The molecule has 1 amide bonds. The van der Waals surface area contributed by atoms with Crippen molar-refractivity contribution >= 4 is 40.3 Å². The van der Waals surface area contributed by atoms with Crippen molar-refractivity contribution in [2.75, 3.05) is 13.7 Å². The Kier molecular flexibility index (Phi) is 6.48. The molecule has 0 atom stereocenters. The summed E-state index contributed by atoms with van der Waals surface area (Å²) < 4.78 is 8.43. The van der Waals surface area contributed by atoms with Crippen molar-refractivity contribution in [1.29, 1.82) is 0 Å². The van der Waals surface area contributed by atoms with E-state index in [1.807, 2.05) is 72.4 Å². The van der Waals surface area contributed by atoms with Gasteiger partial charge in [0.05, 0.1) is 17.2 Å². The quantitative estimate of drug-likeness (QED) is 0.346. The summed E-state index contributed by atoms with van der Waals surface area (Å²) in [6.45, 7) is 6.95. The molecule has 4 rings (SSSR count). The normalized spacial score (nSPS) is 15.3. The van der Waals surface area contributed by atoms with Gasteiger partial charge in [0.25, 0.3) is 5.91 Å². The number of hydrogen-bond acceptors (Lipinski definition) is 5. The van der Waals surface area contributed by atoms with Gasteiger partial charge >= 0.3 is 0 Å². The third-order valence-corrected chi connectivity index (χ3v) is 6.63. The van der Waals surface area contributed by atoms with E-state index in [9.17, 15) is 4.79 Å². The molecule has 32 heavy (non-hydrogen) atoms. The third-order valence-electron chi connectivity index (χ3n) is 5.15. The Labute approximate surface area is 198 Å². The van der Waals surface area contributed by atoms with Crippen LogP contribution in [-0.2, 0) is 4.79 Å². The average molecular weight is 464 g/mol. The van der Waals surface area contributed by atoms with Crippen LogP contribution < -0.4 is 4.74 Å². The zero-order valence-corrected chi connectivity index (χ0v) is 20.2. The lowest BCUT2D eigenvalue weighted by molar-refractivity contribution is -0.121. The molecule has 0 unspecified atom stereocenters. The number of carbonyl (C=O) groups excluding carboxylic acids is 1. The van der Waals surface area contributed by atoms with Crippen LogP contribution >= 0.6 is 24.0 Å². The maximum atomic E-state index is 12.6. The number of thioether (sulfide) groups is 1. The summed E-state index contributed by atoms with van der Waals surface area (Å²) in [4.78, 5) is 14.7. The van der Waals surface area contributed by atoms with Gasteiger partial charge in [0, 0.05) is 29.9 Å². The van der Waals surface area contributed by atoms with E-state index in [4.69, 9.17) is 22.1 Å². The number of para-hydroxylation sites is 1. The first-order valence-electron chi connectivity index (χ1n) is 10.4. The Balaban J connectivity index is 1.83. The number of thiocarbonyl (C=S) groups is 1. The van der Waals surface area contributed by atoms with Crippen molar-refractivity contribution in [3.63, 3.8) is 0 Å². The predicted molar refractivity (Wildman–Crippen MR) is 135 cm³/mol. The van der Waals surface area contributed by atoms with Gasteiger partial charge in [-0.3, -0.25) is 9.69 Å². The van der Waals surface area contributed by atoms with Crippen LogP contribution in [0, 0.1) is 12.8 Å². The topological polar surface area (TPSA) is 47.4 Å². The molecule has 1 saturated heterocycles. The molecule has 1 aliphatic heterocycles. The number of carbonyl (C=O) groups is 1. The van der Waals surface area contributed by atoms with Crippen LogP contribution in [0.3, 0.4) is 0 Å². The highest BCUT2D eigenvalue weighted by Gasteiger charge is 2.29. The largest absolute Gasteiger partial charge is 0.493 e. The molecular weight excluding hydrogens is 438 g/mol. The lowest BCUT2D eigenvalue weighted by Crippen LogP contribution is -2.22. The second-order valence-corrected chi connectivity index (χ2v) is 9.76. The van der Waals surface area contributed by atoms with Crippen LogP contribution in [0.1, 0.15) is 25.0 Å². The van der Waals surface area contributed by atoms with E-state index in [0.29, 0.717) is 21.8 Å². The Morgan fingerprint density at radius 2 is 1.91 bits per heavy atom. The third kappa shape index (κ3) is 4.49. The SMILES string of the molecule is Cc1c(OCC(C)C)cccc1-c1nn(-c2ccccc2)cc1/C=C1\SC(=S)N(C)C1=O. The van der Waals surface area contributed by atoms with Gasteiger partial charge < -0.3 is 4.74 Å². The molecule has 0 saturated carbocycles. The fourth-order valence-electron chi connectivity index (χ4n) is 3.39. The van der Waals surface area contributed by atoms with Gasteiger partial charge in [-0.25, -0.2) is 4.68 Å². The van der Waals surface area contributed by atoms with Gasteiger partial charge in [0.1, 0.15) is 15.8 Å². The van der Waals surface area contributed by atoms with E-state index in [0.717, 1.165) is 33.8 Å². The van der Waals surface area contributed by atoms with E-state index in [2.05, 4.69) is 13.8 Å². The minimum absolute atomic E-state index is 0.0934. The monoisotopic (exact) mass is 463 g/mol. The van der Waals surface area contributed by atoms with Crippen LogP contribution in [0.25, 0.3) is 23.0 Å². The lowest BCUT2D eigenvalue weighted by atomic mass is 10.0. The molecule has 2 aromatic carbocycles. The zero-order valence-electron chi connectivity index (χ0n) is 18.5. The number of ether oxygens (including phenoxy) is 1. The van der Waals surface area contributed by atoms with E-state index < -0.39 is 0 Å². The molecule has 0 N–H and O–H groups in total.